The van der Waals surface area contributed by atoms with E-state index in [4.69, 9.17) is 0 Å². The molecule has 1 spiro atoms. The van der Waals surface area contributed by atoms with E-state index >= 15 is 0 Å². The molecule has 1 saturated heterocycles. The Labute approximate surface area is 214 Å². The van der Waals surface area contributed by atoms with Gasteiger partial charge >= 0.3 is 6.03 Å². The molecule has 5 rings (SSSR count). The van der Waals surface area contributed by atoms with E-state index in [1.807, 2.05) is 6.92 Å². The van der Waals surface area contributed by atoms with Gasteiger partial charge in [0.05, 0.1) is 5.54 Å². The van der Waals surface area contributed by atoms with Crippen LogP contribution >= 0.6 is 0 Å². The first-order valence-electron chi connectivity index (χ1n) is 13.3. The van der Waals surface area contributed by atoms with Crippen LogP contribution in [0.4, 0.5) is 10.5 Å². The van der Waals surface area contributed by atoms with Crippen LogP contribution in [0.25, 0.3) is 0 Å². The van der Waals surface area contributed by atoms with Crippen molar-refractivity contribution in [2.45, 2.75) is 62.9 Å². The van der Waals surface area contributed by atoms with Crippen molar-refractivity contribution in [1.29, 1.82) is 0 Å². The molecule has 1 aromatic heterocycles. The van der Waals surface area contributed by atoms with Gasteiger partial charge < -0.3 is 15.1 Å². The number of aryl methyl sites for hydroxylation is 1. The molecule has 3 fully saturated rings. The highest BCUT2D eigenvalue weighted by Gasteiger charge is 2.55. The van der Waals surface area contributed by atoms with Crippen molar-refractivity contribution in [3.8, 4) is 0 Å². The molecule has 192 valence electrons. The van der Waals surface area contributed by atoms with Crippen LogP contribution in [0.15, 0.2) is 48.8 Å². The quantitative estimate of drug-likeness (QED) is 0.615. The molecular weight excluding hydrogens is 450 g/mol. The van der Waals surface area contributed by atoms with E-state index in [-0.39, 0.29) is 29.6 Å². The fourth-order valence-corrected chi connectivity index (χ4v) is 6.49. The number of benzene rings is 1. The summed E-state index contributed by atoms with van der Waals surface area (Å²) >= 11 is 0. The minimum absolute atomic E-state index is 0.0264. The highest BCUT2D eigenvalue weighted by molar-refractivity contribution is 5.95. The van der Waals surface area contributed by atoms with E-state index in [9.17, 15) is 9.59 Å². The number of amides is 3. The van der Waals surface area contributed by atoms with Crippen molar-refractivity contribution in [2.24, 2.45) is 5.92 Å². The maximum absolute atomic E-state index is 13.7. The monoisotopic (exact) mass is 489 g/mol. The molecule has 36 heavy (non-hydrogen) atoms. The first-order chi connectivity index (χ1) is 17.3. The molecule has 3 amide bonds. The number of carbonyl (C=O) groups is 2. The number of aromatic nitrogens is 1. The SMILES string of the molecule is Cc1cnccc1NC(=O)CN1C[C@]2(CC[C@@](c3ccccc3)(N(C)C)CC2)N(CC2CCC2)C1=O. The van der Waals surface area contributed by atoms with Gasteiger partial charge in [0.15, 0.2) is 0 Å². The van der Waals surface area contributed by atoms with Gasteiger partial charge in [0.1, 0.15) is 6.54 Å². The second kappa shape index (κ2) is 9.85. The first-order valence-corrected chi connectivity index (χ1v) is 13.3. The number of anilines is 1. The summed E-state index contributed by atoms with van der Waals surface area (Å²) in [6.07, 6.45) is 10.9. The first kappa shape index (κ1) is 24.8. The molecule has 2 aliphatic carbocycles. The molecule has 1 N–H and O–H groups in total. The van der Waals surface area contributed by atoms with Gasteiger partial charge in [-0.3, -0.25) is 14.7 Å². The van der Waals surface area contributed by atoms with Crippen LogP contribution in [0.1, 0.15) is 56.1 Å². The summed E-state index contributed by atoms with van der Waals surface area (Å²) in [5.41, 5.74) is 2.78. The van der Waals surface area contributed by atoms with Crippen LogP contribution in [0, 0.1) is 12.8 Å². The zero-order valence-corrected chi connectivity index (χ0v) is 21.9. The molecule has 0 atom stereocenters. The number of urea groups is 1. The number of hydrogen-bond acceptors (Lipinski definition) is 4. The van der Waals surface area contributed by atoms with Gasteiger partial charge in [-0.25, -0.2) is 4.79 Å². The van der Waals surface area contributed by atoms with E-state index in [1.54, 1.807) is 23.4 Å². The fourth-order valence-electron chi connectivity index (χ4n) is 6.49. The molecule has 1 aromatic carbocycles. The van der Waals surface area contributed by atoms with Gasteiger partial charge in [-0.15, -0.1) is 0 Å². The van der Waals surface area contributed by atoms with Crippen LogP contribution in [-0.2, 0) is 10.3 Å². The summed E-state index contributed by atoms with van der Waals surface area (Å²) in [6, 6.07) is 12.6. The van der Waals surface area contributed by atoms with Gasteiger partial charge in [-0.2, -0.15) is 0 Å². The van der Waals surface area contributed by atoms with Crippen LogP contribution in [-0.4, -0.2) is 70.9 Å². The molecule has 7 heteroatoms. The molecule has 2 aromatic rings. The van der Waals surface area contributed by atoms with Gasteiger partial charge in [-0.05, 0) is 82.7 Å². The molecule has 2 saturated carbocycles. The molecule has 0 radical (unpaired) electrons. The summed E-state index contributed by atoms with van der Waals surface area (Å²) in [4.78, 5) is 37.1. The largest absolute Gasteiger partial charge is 0.324 e. The summed E-state index contributed by atoms with van der Waals surface area (Å²) in [5, 5.41) is 2.98. The highest BCUT2D eigenvalue weighted by atomic mass is 16.2. The van der Waals surface area contributed by atoms with Gasteiger partial charge in [-0.1, -0.05) is 36.8 Å². The molecule has 1 aliphatic heterocycles. The minimum Gasteiger partial charge on any atom is -0.324 e. The molecule has 2 heterocycles. The third-order valence-corrected chi connectivity index (χ3v) is 9.03. The third kappa shape index (κ3) is 4.49. The van der Waals surface area contributed by atoms with E-state index in [0.29, 0.717) is 12.5 Å². The maximum atomic E-state index is 13.7. The number of nitrogens with zero attached hydrogens (tertiary/aromatic N) is 4. The molecular formula is C29H39N5O2. The zero-order chi connectivity index (χ0) is 25.3. The summed E-state index contributed by atoms with van der Waals surface area (Å²) in [5.74, 6) is 0.440. The van der Waals surface area contributed by atoms with E-state index in [1.165, 1.54) is 24.8 Å². The molecule has 0 bridgehead atoms. The lowest BCUT2D eigenvalue weighted by Gasteiger charge is -2.51. The van der Waals surface area contributed by atoms with Crippen molar-refractivity contribution in [3.05, 3.63) is 59.9 Å². The Morgan fingerprint density at radius 2 is 1.83 bits per heavy atom. The van der Waals surface area contributed by atoms with Crippen molar-refractivity contribution >= 4 is 17.6 Å². The Kier molecular flexibility index (Phi) is 6.77. The summed E-state index contributed by atoms with van der Waals surface area (Å²) < 4.78 is 0. The zero-order valence-electron chi connectivity index (χ0n) is 21.9. The number of rotatable bonds is 7. The van der Waals surface area contributed by atoms with E-state index in [0.717, 1.165) is 43.5 Å². The lowest BCUT2D eigenvalue weighted by atomic mass is 9.68. The van der Waals surface area contributed by atoms with Crippen molar-refractivity contribution < 1.29 is 9.59 Å². The Balaban J connectivity index is 1.35. The fraction of sp³-hybridized carbons (Fsp3) is 0.552. The third-order valence-electron chi connectivity index (χ3n) is 9.03. The smallest absolute Gasteiger partial charge is 0.321 e. The summed E-state index contributed by atoms with van der Waals surface area (Å²) in [6.45, 7) is 3.45. The normalized spacial score (nSPS) is 26.5. The molecule has 3 aliphatic rings. The van der Waals surface area contributed by atoms with Gasteiger partial charge in [0, 0.05) is 36.7 Å². The lowest BCUT2D eigenvalue weighted by Crippen LogP contribution is -2.56. The summed E-state index contributed by atoms with van der Waals surface area (Å²) in [7, 11) is 4.35. The number of hydrogen-bond donors (Lipinski definition) is 1. The second-order valence-corrected chi connectivity index (χ2v) is 11.3. The van der Waals surface area contributed by atoms with E-state index < -0.39 is 0 Å². The number of nitrogens with one attached hydrogen (secondary N) is 1. The average molecular weight is 490 g/mol. The average Bonchev–Trinajstić information content (AvgIpc) is 3.08. The lowest BCUT2D eigenvalue weighted by molar-refractivity contribution is -0.116. The minimum atomic E-state index is -0.201. The predicted molar refractivity (Wildman–Crippen MR) is 142 cm³/mol. The van der Waals surface area contributed by atoms with Crippen molar-refractivity contribution in [2.75, 3.05) is 39.0 Å². The maximum Gasteiger partial charge on any atom is 0.321 e. The Hall–Kier alpha value is -2.93. The number of carbonyl (C=O) groups excluding carboxylic acids is 2. The second-order valence-electron chi connectivity index (χ2n) is 11.3. The Morgan fingerprint density at radius 3 is 2.44 bits per heavy atom. The Bertz CT molecular complexity index is 1090. The van der Waals surface area contributed by atoms with Crippen LogP contribution in [0.3, 0.4) is 0 Å². The molecule has 7 nitrogen and oxygen atoms in total. The van der Waals surface area contributed by atoms with Crippen LogP contribution < -0.4 is 5.32 Å². The molecule has 0 unspecified atom stereocenters. The number of pyridine rings is 1. The van der Waals surface area contributed by atoms with Gasteiger partial charge in [0.2, 0.25) is 5.91 Å². The van der Waals surface area contributed by atoms with E-state index in [2.05, 4.69) is 64.5 Å². The predicted octanol–water partition coefficient (Wildman–Crippen LogP) is 4.64. The highest BCUT2D eigenvalue weighted by Crippen LogP contribution is 2.49. The standard InChI is InChI=1S/C29H39N5O2/c1-22-18-30-17-12-25(22)31-26(35)20-33-21-28(34(27(33)36)19-23-8-7-9-23)13-15-29(16-14-28,32(2)3)24-10-5-4-6-11-24/h4-6,10-12,17-18,23H,7-9,13-16,19-21H2,1-3H3,(H,30,31,35)/t28-,29-. The Morgan fingerprint density at radius 1 is 1.11 bits per heavy atom. The van der Waals surface area contributed by atoms with Crippen molar-refractivity contribution in [3.63, 3.8) is 0 Å². The van der Waals surface area contributed by atoms with Crippen LogP contribution in [0.2, 0.25) is 0 Å². The van der Waals surface area contributed by atoms with Crippen LogP contribution in [0.5, 0.6) is 0 Å². The topological polar surface area (TPSA) is 68.8 Å². The van der Waals surface area contributed by atoms with Gasteiger partial charge in [0.25, 0.3) is 0 Å². The van der Waals surface area contributed by atoms with Crippen molar-refractivity contribution in [1.82, 2.24) is 19.7 Å².